The maximum absolute atomic E-state index is 12.8. The lowest BCUT2D eigenvalue weighted by Gasteiger charge is -2.18. The molecule has 1 amide bonds. The van der Waals surface area contributed by atoms with Gasteiger partial charge in [-0.2, -0.15) is 10.1 Å². The molecule has 3 heterocycles. The summed E-state index contributed by atoms with van der Waals surface area (Å²) in [6.07, 6.45) is 0.888. The van der Waals surface area contributed by atoms with Crippen molar-refractivity contribution in [1.82, 2.24) is 19.7 Å². The third-order valence-corrected chi connectivity index (χ3v) is 4.31. The van der Waals surface area contributed by atoms with Gasteiger partial charge in [0.25, 0.3) is 5.91 Å². The van der Waals surface area contributed by atoms with E-state index in [2.05, 4.69) is 16.1 Å². The van der Waals surface area contributed by atoms with Crippen LogP contribution in [0.4, 0.5) is 0 Å². The van der Waals surface area contributed by atoms with Gasteiger partial charge < -0.3 is 14.4 Å². The van der Waals surface area contributed by atoms with E-state index in [9.17, 15) is 4.79 Å². The maximum Gasteiger partial charge on any atom is 0.259 e. The molecule has 0 bridgehead atoms. The zero-order valence-corrected chi connectivity index (χ0v) is 14.4. The highest BCUT2D eigenvalue weighted by Crippen LogP contribution is 2.27. The summed E-state index contributed by atoms with van der Waals surface area (Å²) >= 11 is 0. The second-order valence-corrected chi connectivity index (χ2v) is 5.98. The molecule has 128 valence electrons. The summed E-state index contributed by atoms with van der Waals surface area (Å²) in [6, 6.07) is 5.63. The van der Waals surface area contributed by atoms with Crippen LogP contribution in [0.5, 0.6) is 11.8 Å². The number of likely N-dealkylation sites (tertiary alicyclic amines) is 1. The van der Waals surface area contributed by atoms with E-state index in [-0.39, 0.29) is 17.8 Å². The van der Waals surface area contributed by atoms with E-state index in [1.54, 1.807) is 12.1 Å². The van der Waals surface area contributed by atoms with E-state index in [0.29, 0.717) is 24.5 Å². The quantitative estimate of drug-likeness (QED) is 0.857. The molecule has 0 saturated carbocycles. The largest absolute Gasteiger partial charge is 0.481 e. The van der Waals surface area contributed by atoms with Gasteiger partial charge in [0.15, 0.2) is 0 Å². The highest BCUT2D eigenvalue weighted by Gasteiger charge is 2.31. The van der Waals surface area contributed by atoms with Gasteiger partial charge in [0.05, 0.1) is 26.0 Å². The Bertz CT molecular complexity index is 756. The normalized spacial score (nSPS) is 17.2. The smallest absolute Gasteiger partial charge is 0.259 e. The third kappa shape index (κ3) is 2.93. The van der Waals surface area contributed by atoms with Crippen LogP contribution in [0.2, 0.25) is 0 Å². The monoisotopic (exact) mass is 330 g/mol. The van der Waals surface area contributed by atoms with Gasteiger partial charge in [-0.25, -0.2) is 0 Å². The van der Waals surface area contributed by atoms with Gasteiger partial charge in [0, 0.05) is 24.8 Å². The first kappa shape index (κ1) is 16.3. The summed E-state index contributed by atoms with van der Waals surface area (Å²) in [5.41, 5.74) is 2.57. The number of rotatable bonds is 4. The van der Waals surface area contributed by atoms with Gasteiger partial charge in [0.2, 0.25) is 11.8 Å². The lowest BCUT2D eigenvalue weighted by Crippen LogP contribution is -2.30. The van der Waals surface area contributed by atoms with Crippen LogP contribution in [0, 0.1) is 13.8 Å². The van der Waals surface area contributed by atoms with Crippen molar-refractivity contribution in [3.05, 3.63) is 35.2 Å². The maximum atomic E-state index is 12.8. The van der Waals surface area contributed by atoms with Crippen LogP contribution in [-0.4, -0.2) is 52.9 Å². The molecule has 2 aromatic heterocycles. The number of hydrogen-bond donors (Lipinski definition) is 0. The second kappa shape index (κ2) is 6.51. The average molecular weight is 330 g/mol. The summed E-state index contributed by atoms with van der Waals surface area (Å²) in [6.45, 7) is 5.35. The number of aryl methyl sites for hydroxylation is 2. The van der Waals surface area contributed by atoms with Crippen LogP contribution in [0.15, 0.2) is 18.2 Å². The van der Waals surface area contributed by atoms with Crippen LogP contribution in [0.25, 0.3) is 0 Å². The Labute approximate surface area is 141 Å². The highest BCUT2D eigenvalue weighted by atomic mass is 16.5. The minimum Gasteiger partial charge on any atom is -0.481 e. The standard InChI is InChI=1S/C17H22N4O3/c1-11-9-12(2)21(19-11)13-7-8-20(10-13)17(22)14-5-6-15(23-3)18-16(14)24-4/h5-6,9,13H,7-8,10H2,1-4H3. The number of hydrogen-bond acceptors (Lipinski definition) is 5. The predicted octanol–water partition coefficient (Wildman–Crippen LogP) is 2.00. The first-order valence-corrected chi connectivity index (χ1v) is 7.94. The highest BCUT2D eigenvalue weighted by molar-refractivity contribution is 5.96. The number of ether oxygens (including phenoxy) is 2. The molecule has 7 nitrogen and oxygen atoms in total. The molecule has 0 N–H and O–H groups in total. The first-order valence-electron chi connectivity index (χ1n) is 7.94. The Morgan fingerprint density at radius 2 is 2.04 bits per heavy atom. The lowest BCUT2D eigenvalue weighted by atomic mass is 10.2. The lowest BCUT2D eigenvalue weighted by molar-refractivity contribution is 0.0782. The summed E-state index contributed by atoms with van der Waals surface area (Å²) in [5, 5.41) is 4.54. The molecule has 0 aromatic carbocycles. The van der Waals surface area contributed by atoms with Crippen LogP contribution in [0.1, 0.15) is 34.2 Å². The molecular weight excluding hydrogens is 308 g/mol. The minimum absolute atomic E-state index is 0.0777. The van der Waals surface area contributed by atoms with Gasteiger partial charge >= 0.3 is 0 Å². The Hall–Kier alpha value is -2.57. The van der Waals surface area contributed by atoms with Gasteiger partial charge in [0.1, 0.15) is 5.56 Å². The molecule has 1 atom stereocenters. The summed E-state index contributed by atoms with van der Waals surface area (Å²) in [7, 11) is 3.03. The Kier molecular flexibility index (Phi) is 4.42. The molecule has 0 radical (unpaired) electrons. The van der Waals surface area contributed by atoms with Crippen LogP contribution >= 0.6 is 0 Å². The number of aromatic nitrogens is 3. The Morgan fingerprint density at radius 3 is 2.67 bits per heavy atom. The van der Waals surface area contributed by atoms with Crippen molar-refractivity contribution in [2.45, 2.75) is 26.3 Å². The molecule has 1 unspecified atom stereocenters. The van der Waals surface area contributed by atoms with Gasteiger partial charge in [-0.05, 0) is 32.4 Å². The Morgan fingerprint density at radius 1 is 1.25 bits per heavy atom. The van der Waals surface area contributed by atoms with Crippen LogP contribution < -0.4 is 9.47 Å². The van der Waals surface area contributed by atoms with Gasteiger partial charge in [-0.3, -0.25) is 9.48 Å². The van der Waals surface area contributed by atoms with E-state index < -0.39 is 0 Å². The molecule has 24 heavy (non-hydrogen) atoms. The zero-order valence-electron chi connectivity index (χ0n) is 14.4. The predicted molar refractivity (Wildman–Crippen MR) is 88.6 cm³/mol. The molecule has 1 saturated heterocycles. The van der Waals surface area contributed by atoms with Crippen molar-refractivity contribution in [1.29, 1.82) is 0 Å². The fourth-order valence-corrected chi connectivity index (χ4v) is 3.17. The van der Waals surface area contributed by atoms with Crippen LogP contribution in [-0.2, 0) is 0 Å². The summed E-state index contributed by atoms with van der Waals surface area (Å²) in [4.78, 5) is 18.8. The molecule has 1 aliphatic heterocycles. The summed E-state index contributed by atoms with van der Waals surface area (Å²) < 4.78 is 12.3. The van der Waals surface area contributed by atoms with Crippen molar-refractivity contribution >= 4 is 5.91 Å². The van der Waals surface area contributed by atoms with E-state index in [1.165, 1.54) is 14.2 Å². The van der Waals surface area contributed by atoms with E-state index >= 15 is 0 Å². The number of pyridine rings is 1. The van der Waals surface area contributed by atoms with Crippen molar-refractivity contribution in [3.63, 3.8) is 0 Å². The fraction of sp³-hybridized carbons (Fsp3) is 0.471. The molecular formula is C17H22N4O3. The topological polar surface area (TPSA) is 69.5 Å². The van der Waals surface area contributed by atoms with E-state index in [1.807, 2.05) is 23.4 Å². The fourth-order valence-electron chi connectivity index (χ4n) is 3.17. The number of nitrogens with zero attached hydrogens (tertiary/aromatic N) is 4. The molecule has 0 spiro atoms. The van der Waals surface area contributed by atoms with Crippen molar-refractivity contribution in [2.75, 3.05) is 27.3 Å². The molecule has 1 fully saturated rings. The molecule has 3 rings (SSSR count). The van der Waals surface area contributed by atoms with Crippen molar-refractivity contribution < 1.29 is 14.3 Å². The van der Waals surface area contributed by atoms with Crippen LogP contribution in [0.3, 0.4) is 0 Å². The molecule has 0 aliphatic carbocycles. The van der Waals surface area contributed by atoms with E-state index in [4.69, 9.17) is 9.47 Å². The van der Waals surface area contributed by atoms with Crippen molar-refractivity contribution in [2.24, 2.45) is 0 Å². The summed E-state index contributed by atoms with van der Waals surface area (Å²) in [5.74, 6) is 0.630. The van der Waals surface area contributed by atoms with Gasteiger partial charge in [-0.1, -0.05) is 0 Å². The Balaban J connectivity index is 1.78. The molecule has 7 heteroatoms. The number of carbonyl (C=O) groups is 1. The second-order valence-electron chi connectivity index (χ2n) is 5.98. The SMILES string of the molecule is COc1ccc(C(=O)N2CCC(n3nc(C)cc3C)C2)c(OC)n1. The molecule has 1 aliphatic rings. The molecule has 2 aromatic rings. The first-order chi connectivity index (χ1) is 11.5. The number of methoxy groups -OCH3 is 2. The van der Waals surface area contributed by atoms with E-state index in [0.717, 1.165) is 17.8 Å². The zero-order chi connectivity index (χ0) is 17.3. The minimum atomic E-state index is -0.0777. The number of amides is 1. The van der Waals surface area contributed by atoms with Gasteiger partial charge in [-0.15, -0.1) is 0 Å². The van der Waals surface area contributed by atoms with Crippen molar-refractivity contribution in [3.8, 4) is 11.8 Å². The average Bonchev–Trinajstić information content (AvgIpc) is 3.19. The third-order valence-electron chi connectivity index (χ3n) is 4.31. The number of carbonyl (C=O) groups excluding carboxylic acids is 1.